The van der Waals surface area contributed by atoms with Crippen molar-refractivity contribution < 1.29 is 9.53 Å². The molecule has 2 atom stereocenters. The average Bonchev–Trinajstić information content (AvgIpc) is 3.62. The third-order valence-corrected chi connectivity index (χ3v) is 11.8. The van der Waals surface area contributed by atoms with Crippen LogP contribution in [0.1, 0.15) is 48.9 Å². The highest BCUT2D eigenvalue weighted by molar-refractivity contribution is 14.1. The van der Waals surface area contributed by atoms with Gasteiger partial charge in [0.15, 0.2) is 0 Å². The van der Waals surface area contributed by atoms with Crippen molar-refractivity contribution in [2.24, 2.45) is 0 Å². The number of nitrogens with zero attached hydrogens (tertiary/aromatic N) is 7. The van der Waals surface area contributed by atoms with E-state index in [1.165, 1.54) is 21.6 Å². The van der Waals surface area contributed by atoms with Crippen LogP contribution in [0.2, 0.25) is 5.02 Å². The van der Waals surface area contributed by atoms with E-state index in [-0.39, 0.29) is 18.4 Å². The minimum atomic E-state index is -0.255. The molecule has 2 saturated heterocycles. The highest BCUT2D eigenvalue weighted by Crippen LogP contribution is 2.37. The summed E-state index contributed by atoms with van der Waals surface area (Å²) in [4.78, 5) is 31.8. The van der Waals surface area contributed by atoms with Gasteiger partial charge in [-0.15, -0.1) is 0 Å². The molecule has 0 spiro atoms. The lowest BCUT2D eigenvalue weighted by Crippen LogP contribution is -2.55. The van der Waals surface area contributed by atoms with Crippen LogP contribution in [0.25, 0.3) is 10.8 Å². The van der Waals surface area contributed by atoms with E-state index in [1.807, 2.05) is 12.1 Å². The van der Waals surface area contributed by atoms with Crippen LogP contribution in [0.3, 0.4) is 0 Å². The van der Waals surface area contributed by atoms with Crippen molar-refractivity contribution in [3.05, 3.63) is 98.7 Å². The molecule has 3 aromatic carbocycles. The Labute approximate surface area is 325 Å². The minimum Gasteiger partial charge on any atom is -0.462 e. The van der Waals surface area contributed by atoms with Crippen LogP contribution in [-0.2, 0) is 24.2 Å². The number of ether oxygens (including phenoxy) is 1. The van der Waals surface area contributed by atoms with Gasteiger partial charge in [-0.3, -0.25) is 9.69 Å². The van der Waals surface area contributed by atoms with Crippen LogP contribution in [0.4, 0.5) is 11.5 Å². The van der Waals surface area contributed by atoms with Gasteiger partial charge in [0.05, 0.1) is 35.8 Å². The number of piperazine rings is 1. The molecule has 0 aliphatic carbocycles. The molecular formula is C41H45ClIN7O2. The van der Waals surface area contributed by atoms with Crippen molar-refractivity contribution in [1.29, 1.82) is 5.26 Å². The van der Waals surface area contributed by atoms with E-state index in [0.29, 0.717) is 44.8 Å². The topological polar surface area (TPSA) is 88.8 Å². The van der Waals surface area contributed by atoms with E-state index in [0.717, 1.165) is 90.3 Å². The molecule has 2 fully saturated rings. The first-order chi connectivity index (χ1) is 25.4. The summed E-state index contributed by atoms with van der Waals surface area (Å²) in [5, 5.41) is 12.5. The summed E-state index contributed by atoms with van der Waals surface area (Å²) in [6.45, 7) is 9.36. The third kappa shape index (κ3) is 8.17. The number of hydrogen-bond donors (Lipinski definition) is 0. The van der Waals surface area contributed by atoms with Gasteiger partial charge in [0.1, 0.15) is 12.4 Å². The Morgan fingerprint density at radius 1 is 1.02 bits per heavy atom. The maximum Gasteiger partial charge on any atom is 0.318 e. The highest BCUT2D eigenvalue weighted by atomic mass is 127. The lowest BCUT2D eigenvalue weighted by atomic mass is 10.0. The van der Waals surface area contributed by atoms with Crippen LogP contribution in [0.15, 0.2) is 73.3 Å². The lowest BCUT2D eigenvalue weighted by molar-refractivity contribution is -0.128. The second-order valence-electron chi connectivity index (χ2n) is 14.0. The number of rotatable bonds is 12. The van der Waals surface area contributed by atoms with Gasteiger partial charge in [0, 0.05) is 52.4 Å². The van der Waals surface area contributed by atoms with Gasteiger partial charge in [-0.05, 0) is 115 Å². The number of unbranched alkanes of at least 4 members (excludes halogenated alkanes) is 1. The van der Waals surface area contributed by atoms with Crippen LogP contribution in [0.5, 0.6) is 6.01 Å². The van der Waals surface area contributed by atoms with Crippen LogP contribution >= 0.6 is 34.2 Å². The fraction of sp³-hybridized carbons (Fsp3) is 0.415. The molecule has 1 aromatic heterocycles. The number of anilines is 2. The Kier molecular flexibility index (Phi) is 11.8. The summed E-state index contributed by atoms with van der Waals surface area (Å²) < 4.78 is 7.80. The molecule has 0 N–H and O–H groups in total. The van der Waals surface area contributed by atoms with E-state index >= 15 is 0 Å². The summed E-state index contributed by atoms with van der Waals surface area (Å²) in [7, 11) is 0. The van der Waals surface area contributed by atoms with Crippen molar-refractivity contribution >= 4 is 62.4 Å². The van der Waals surface area contributed by atoms with Gasteiger partial charge in [-0.1, -0.05) is 54.6 Å². The zero-order valence-corrected chi connectivity index (χ0v) is 32.4. The standard InChI is InChI=1S/C41H45ClIN7O2/c1-2-38(51)50-25-24-49(26-32(50)18-20-44)40-34-19-23-48(37-13-6-10-30-9-5-12-35(42)39(30)37)27-36(34)45-41(46-40)52-28-33-11-7-22-47(33)21-4-3-8-29-14-16-31(43)17-15-29/h2,5-6,9-10,12-17,32-33H,1,3-4,7-8,11,18-19,21-28H2/t32-,33-/m0/s1. The number of hydrogen-bond acceptors (Lipinski definition) is 8. The number of likely N-dealkylation sites (tertiary alicyclic amines) is 1. The van der Waals surface area contributed by atoms with Crippen molar-refractivity contribution in [2.75, 3.05) is 55.7 Å². The molecule has 3 aliphatic heterocycles. The zero-order valence-electron chi connectivity index (χ0n) is 29.5. The average molecular weight is 830 g/mol. The maximum absolute atomic E-state index is 12.7. The first kappa shape index (κ1) is 36.4. The summed E-state index contributed by atoms with van der Waals surface area (Å²) >= 11 is 9.12. The van der Waals surface area contributed by atoms with Gasteiger partial charge in [-0.2, -0.15) is 15.2 Å². The smallest absolute Gasteiger partial charge is 0.318 e. The minimum absolute atomic E-state index is 0.144. The van der Waals surface area contributed by atoms with Gasteiger partial charge in [0.25, 0.3) is 0 Å². The van der Waals surface area contributed by atoms with Crippen molar-refractivity contribution in [3.63, 3.8) is 0 Å². The van der Waals surface area contributed by atoms with Crippen LogP contribution < -0.4 is 14.5 Å². The largest absolute Gasteiger partial charge is 0.462 e. The molecule has 0 radical (unpaired) electrons. The fourth-order valence-corrected chi connectivity index (χ4v) is 8.68. The van der Waals surface area contributed by atoms with Crippen LogP contribution in [0, 0.1) is 14.9 Å². The number of aromatic nitrogens is 2. The Morgan fingerprint density at radius 3 is 2.65 bits per heavy atom. The van der Waals surface area contributed by atoms with Crippen molar-refractivity contribution in [1.82, 2.24) is 19.8 Å². The number of benzene rings is 3. The summed E-state index contributed by atoms with van der Waals surface area (Å²) in [6.07, 6.45) is 8.01. The van der Waals surface area contributed by atoms with Crippen molar-refractivity contribution in [3.8, 4) is 12.1 Å². The summed E-state index contributed by atoms with van der Waals surface area (Å²) in [5.41, 5.74) is 4.53. The molecule has 3 aliphatic rings. The first-order valence-corrected chi connectivity index (χ1v) is 19.9. The SMILES string of the molecule is C=CC(=O)N1CCN(c2nc(OC[C@@H]3CCCN3CCCCc3ccc(I)cc3)nc3c2CCN(c2cccc4cccc(Cl)c24)C3)C[C@@H]1CC#N. The molecule has 11 heteroatoms. The molecule has 4 aromatic rings. The van der Waals surface area contributed by atoms with E-state index in [9.17, 15) is 10.1 Å². The van der Waals surface area contributed by atoms with E-state index in [2.05, 4.69) is 98.5 Å². The number of fused-ring (bicyclic) bond motifs is 2. The van der Waals surface area contributed by atoms with Gasteiger partial charge < -0.3 is 19.4 Å². The molecular weight excluding hydrogens is 785 g/mol. The Balaban J connectivity index is 1.11. The normalized spacial score (nSPS) is 19.1. The Hall–Kier alpha value is -3.92. The quantitative estimate of drug-likeness (QED) is 0.0829. The molecule has 270 valence electrons. The van der Waals surface area contributed by atoms with Crippen LogP contribution in [-0.4, -0.2) is 83.6 Å². The second-order valence-corrected chi connectivity index (χ2v) is 15.6. The van der Waals surface area contributed by atoms with Crippen molar-refractivity contribution in [2.45, 2.75) is 63.6 Å². The monoisotopic (exact) mass is 829 g/mol. The lowest BCUT2D eigenvalue weighted by Gasteiger charge is -2.42. The van der Waals surface area contributed by atoms with Gasteiger partial charge in [-0.25, -0.2) is 0 Å². The summed E-state index contributed by atoms with van der Waals surface area (Å²) in [6, 6.07) is 23.9. The number of carbonyl (C=O) groups excluding carboxylic acids is 1. The van der Waals surface area contributed by atoms with Gasteiger partial charge in [0.2, 0.25) is 5.91 Å². The van der Waals surface area contributed by atoms with Gasteiger partial charge >= 0.3 is 6.01 Å². The predicted molar refractivity (Wildman–Crippen MR) is 216 cm³/mol. The summed E-state index contributed by atoms with van der Waals surface area (Å²) in [5.74, 6) is 0.706. The Bertz CT molecular complexity index is 1950. The van der Waals surface area contributed by atoms with E-state index in [1.54, 1.807) is 4.90 Å². The molecule has 7 rings (SSSR count). The maximum atomic E-state index is 12.7. The highest BCUT2D eigenvalue weighted by Gasteiger charge is 2.34. The molecule has 0 unspecified atom stereocenters. The van der Waals surface area contributed by atoms with E-state index in [4.69, 9.17) is 26.3 Å². The molecule has 0 saturated carbocycles. The zero-order chi connectivity index (χ0) is 36.0. The third-order valence-electron chi connectivity index (χ3n) is 10.7. The first-order valence-electron chi connectivity index (χ1n) is 18.4. The number of nitriles is 1. The number of aryl methyl sites for hydroxylation is 1. The second kappa shape index (κ2) is 16.8. The number of halogens is 2. The van der Waals surface area contributed by atoms with E-state index < -0.39 is 0 Å². The molecule has 0 bridgehead atoms. The molecule has 1 amide bonds. The molecule has 52 heavy (non-hydrogen) atoms. The number of carbonyl (C=O) groups is 1. The molecule has 9 nitrogen and oxygen atoms in total. The number of amides is 1. The Morgan fingerprint density at radius 2 is 1.85 bits per heavy atom. The predicted octanol–water partition coefficient (Wildman–Crippen LogP) is 7.43. The molecule has 4 heterocycles. The fourth-order valence-electron chi connectivity index (χ4n) is 8.04.